The Morgan fingerprint density at radius 3 is 2.75 bits per heavy atom. The Bertz CT molecular complexity index is 686. The summed E-state index contributed by atoms with van der Waals surface area (Å²) in [5, 5.41) is 4.66. The van der Waals surface area contributed by atoms with Crippen molar-refractivity contribution < 1.29 is 9.53 Å². The summed E-state index contributed by atoms with van der Waals surface area (Å²) in [7, 11) is 3.53. The third-order valence-electron chi connectivity index (χ3n) is 4.38. The van der Waals surface area contributed by atoms with Crippen molar-refractivity contribution in [1.82, 2.24) is 9.88 Å². The number of carbonyl (C=O) groups is 1. The van der Waals surface area contributed by atoms with Gasteiger partial charge in [0, 0.05) is 43.2 Å². The molecule has 0 spiro atoms. The molecule has 4 heteroatoms. The number of nitrogens with one attached hydrogen (secondary N) is 1. The number of hydrogen-bond donors (Lipinski definition) is 1. The summed E-state index contributed by atoms with van der Waals surface area (Å²) in [5.41, 5.74) is 6.52. The van der Waals surface area contributed by atoms with Crippen LogP contribution >= 0.6 is 0 Å². The number of nitrogens with zero attached hydrogens (tertiary/aromatic N) is 1. The number of hydrogen-bond acceptors (Lipinski definition) is 3. The van der Waals surface area contributed by atoms with Gasteiger partial charge in [0.15, 0.2) is 0 Å². The van der Waals surface area contributed by atoms with Gasteiger partial charge in [-0.15, -0.1) is 0 Å². The zero-order chi connectivity index (χ0) is 14.3. The third-order valence-corrected chi connectivity index (χ3v) is 4.38. The van der Waals surface area contributed by atoms with Gasteiger partial charge in [-0.2, -0.15) is 0 Å². The van der Waals surface area contributed by atoms with E-state index in [1.807, 2.05) is 0 Å². The molecule has 0 unspecified atom stereocenters. The summed E-state index contributed by atoms with van der Waals surface area (Å²) in [4.78, 5) is 11.4. The van der Waals surface area contributed by atoms with Crippen LogP contribution in [0.1, 0.15) is 28.8 Å². The zero-order valence-electron chi connectivity index (χ0n) is 12.2. The number of methoxy groups -OCH3 is 1. The Hall–Kier alpha value is -1.81. The van der Waals surface area contributed by atoms with Crippen molar-refractivity contribution in [3.8, 4) is 0 Å². The number of ether oxygens (including phenoxy) is 1. The molecular formula is C16H20N2O2. The molecule has 0 radical (unpaired) electrons. The maximum Gasteiger partial charge on any atom is 0.305 e. The maximum atomic E-state index is 11.4. The summed E-state index contributed by atoms with van der Waals surface area (Å²) in [6.45, 7) is 4.01. The quantitative estimate of drug-likeness (QED) is 0.871. The fraction of sp³-hybridized carbons (Fsp3) is 0.438. The molecule has 1 aromatic heterocycles. The number of rotatable bonds is 3. The first-order valence-corrected chi connectivity index (χ1v) is 6.99. The molecule has 0 fully saturated rings. The number of carbonyl (C=O) groups excluding carboxylic acids is 1. The van der Waals surface area contributed by atoms with Gasteiger partial charge in [0.25, 0.3) is 0 Å². The van der Waals surface area contributed by atoms with Crippen molar-refractivity contribution in [3.05, 3.63) is 34.5 Å². The van der Waals surface area contributed by atoms with Crippen LogP contribution in [0, 0.1) is 6.92 Å². The summed E-state index contributed by atoms with van der Waals surface area (Å²) in [6.07, 6.45) is 1.17. The van der Waals surface area contributed by atoms with Crippen LogP contribution in [0.25, 0.3) is 10.9 Å². The van der Waals surface area contributed by atoms with Gasteiger partial charge in [-0.1, -0.05) is 0 Å². The van der Waals surface area contributed by atoms with Crippen LogP contribution < -0.4 is 5.32 Å². The molecule has 0 saturated heterocycles. The fourth-order valence-corrected chi connectivity index (χ4v) is 3.08. The number of aryl methyl sites for hydroxylation is 2. The number of benzene rings is 1. The van der Waals surface area contributed by atoms with Crippen molar-refractivity contribution in [2.24, 2.45) is 7.05 Å². The average Bonchev–Trinajstić information content (AvgIpc) is 2.99. The molecule has 0 saturated carbocycles. The van der Waals surface area contributed by atoms with Gasteiger partial charge >= 0.3 is 5.97 Å². The fourth-order valence-electron chi connectivity index (χ4n) is 3.08. The first-order valence-electron chi connectivity index (χ1n) is 6.99. The highest BCUT2D eigenvalue weighted by molar-refractivity contribution is 5.87. The van der Waals surface area contributed by atoms with Crippen LogP contribution in [0.5, 0.6) is 0 Å². The highest BCUT2D eigenvalue weighted by Crippen LogP contribution is 2.30. The van der Waals surface area contributed by atoms with Gasteiger partial charge < -0.3 is 14.6 Å². The summed E-state index contributed by atoms with van der Waals surface area (Å²) < 4.78 is 6.97. The van der Waals surface area contributed by atoms with Gasteiger partial charge in [-0.25, -0.2) is 0 Å². The Morgan fingerprint density at radius 2 is 2.05 bits per heavy atom. The minimum atomic E-state index is -0.149. The molecule has 2 heterocycles. The predicted molar refractivity (Wildman–Crippen MR) is 78.5 cm³/mol. The van der Waals surface area contributed by atoms with Crippen molar-refractivity contribution in [1.29, 1.82) is 0 Å². The molecule has 106 valence electrons. The second-order valence-corrected chi connectivity index (χ2v) is 5.44. The van der Waals surface area contributed by atoms with E-state index < -0.39 is 0 Å². The SMILES string of the molecule is COC(=O)CCc1c(C)n(C)c2cc3c(cc12)CNC3. The molecule has 0 atom stereocenters. The van der Waals surface area contributed by atoms with E-state index in [9.17, 15) is 4.79 Å². The lowest BCUT2D eigenvalue weighted by Crippen LogP contribution is -2.03. The maximum absolute atomic E-state index is 11.4. The summed E-state index contributed by atoms with van der Waals surface area (Å²) in [5.74, 6) is -0.149. The molecule has 3 rings (SSSR count). The number of fused-ring (bicyclic) bond motifs is 2. The van der Waals surface area contributed by atoms with Crippen LogP contribution in [-0.2, 0) is 36.1 Å². The molecule has 0 bridgehead atoms. The molecule has 20 heavy (non-hydrogen) atoms. The minimum Gasteiger partial charge on any atom is -0.469 e. The van der Waals surface area contributed by atoms with Crippen LogP contribution in [0.4, 0.5) is 0 Å². The molecule has 1 aliphatic heterocycles. The molecular weight excluding hydrogens is 252 g/mol. The highest BCUT2D eigenvalue weighted by Gasteiger charge is 2.18. The molecule has 1 aliphatic rings. The topological polar surface area (TPSA) is 43.3 Å². The van der Waals surface area contributed by atoms with Gasteiger partial charge in [0.1, 0.15) is 0 Å². The molecule has 4 nitrogen and oxygen atoms in total. The lowest BCUT2D eigenvalue weighted by molar-refractivity contribution is -0.140. The molecule has 1 N–H and O–H groups in total. The van der Waals surface area contributed by atoms with Gasteiger partial charge in [-0.05, 0) is 42.2 Å². The summed E-state index contributed by atoms with van der Waals surface area (Å²) >= 11 is 0. The lowest BCUT2D eigenvalue weighted by Gasteiger charge is -2.02. The lowest BCUT2D eigenvalue weighted by atomic mass is 10.0. The van der Waals surface area contributed by atoms with E-state index in [4.69, 9.17) is 4.74 Å². The molecule has 0 amide bonds. The Balaban J connectivity index is 2.06. The van der Waals surface area contributed by atoms with Crippen molar-refractivity contribution in [2.45, 2.75) is 32.9 Å². The van der Waals surface area contributed by atoms with Gasteiger partial charge in [0.05, 0.1) is 7.11 Å². The second kappa shape index (κ2) is 4.94. The third kappa shape index (κ3) is 2.00. The van der Waals surface area contributed by atoms with E-state index in [1.54, 1.807) is 0 Å². The van der Waals surface area contributed by atoms with E-state index >= 15 is 0 Å². The molecule has 0 aliphatic carbocycles. The van der Waals surface area contributed by atoms with Crippen LogP contribution in [-0.4, -0.2) is 17.6 Å². The Labute approximate surface area is 118 Å². The number of aromatic nitrogens is 1. The van der Waals surface area contributed by atoms with E-state index in [0.29, 0.717) is 6.42 Å². The smallest absolute Gasteiger partial charge is 0.305 e. The second-order valence-electron chi connectivity index (χ2n) is 5.44. The largest absolute Gasteiger partial charge is 0.469 e. The molecule has 2 aromatic rings. The normalized spacial score (nSPS) is 13.8. The van der Waals surface area contributed by atoms with Gasteiger partial charge in [0.2, 0.25) is 0 Å². The van der Waals surface area contributed by atoms with Gasteiger partial charge in [-0.3, -0.25) is 4.79 Å². The van der Waals surface area contributed by atoms with Crippen LogP contribution in [0.15, 0.2) is 12.1 Å². The highest BCUT2D eigenvalue weighted by atomic mass is 16.5. The first-order chi connectivity index (χ1) is 9.61. The van der Waals surface area contributed by atoms with E-state index in [1.165, 1.54) is 40.4 Å². The van der Waals surface area contributed by atoms with Crippen LogP contribution in [0.3, 0.4) is 0 Å². The van der Waals surface area contributed by atoms with E-state index in [2.05, 4.69) is 36.0 Å². The molecule has 1 aromatic carbocycles. The predicted octanol–water partition coefficient (Wildman–Crippen LogP) is 2.20. The van der Waals surface area contributed by atoms with E-state index in [-0.39, 0.29) is 5.97 Å². The minimum absolute atomic E-state index is 0.149. The standard InChI is InChI=1S/C16H20N2O2/c1-10-13(4-5-16(19)20-3)14-6-11-8-17-9-12(11)7-15(14)18(10)2/h6-7,17H,4-5,8-9H2,1-3H3. The zero-order valence-corrected chi connectivity index (χ0v) is 12.2. The van der Waals surface area contributed by atoms with E-state index in [0.717, 1.165) is 19.5 Å². The van der Waals surface area contributed by atoms with Crippen molar-refractivity contribution >= 4 is 16.9 Å². The number of esters is 1. The van der Waals surface area contributed by atoms with Crippen molar-refractivity contribution in [2.75, 3.05) is 7.11 Å². The Kier molecular flexibility index (Phi) is 3.26. The first kappa shape index (κ1) is 13.2. The Morgan fingerprint density at radius 1 is 1.35 bits per heavy atom. The monoisotopic (exact) mass is 272 g/mol. The van der Waals surface area contributed by atoms with Crippen LogP contribution in [0.2, 0.25) is 0 Å². The van der Waals surface area contributed by atoms with Crippen molar-refractivity contribution in [3.63, 3.8) is 0 Å². The average molecular weight is 272 g/mol. The summed E-state index contributed by atoms with van der Waals surface area (Å²) in [6, 6.07) is 4.56.